The van der Waals surface area contributed by atoms with Crippen molar-refractivity contribution >= 4 is 0 Å². The Balaban J connectivity index is 2.40. The van der Waals surface area contributed by atoms with Crippen LogP contribution < -0.4 is 0 Å². The van der Waals surface area contributed by atoms with Crippen molar-refractivity contribution in [2.24, 2.45) is 0 Å². The Kier molecular flexibility index (Phi) is 2.45. The highest BCUT2D eigenvalue weighted by atomic mass is 16.3. The Hall–Kier alpha value is -0.830. The van der Waals surface area contributed by atoms with Crippen LogP contribution in [0.25, 0.3) is 0 Å². The second-order valence-corrected chi connectivity index (χ2v) is 2.29. The van der Waals surface area contributed by atoms with Gasteiger partial charge < -0.3 is 5.11 Å². The monoisotopic (exact) mass is 140 g/mol. The molecule has 0 fully saturated rings. The normalized spacial score (nSPS) is 13.4. The zero-order valence-corrected chi connectivity index (χ0v) is 6.07. The first-order valence-electron chi connectivity index (χ1n) is 3.48. The molecule has 1 heterocycles. The number of aliphatic hydroxyl groups is 1. The van der Waals surface area contributed by atoms with Gasteiger partial charge in [-0.15, -0.1) is 0 Å². The van der Waals surface area contributed by atoms with Gasteiger partial charge in [-0.05, 0) is 12.5 Å². The lowest BCUT2D eigenvalue weighted by atomic mass is 10.3. The summed E-state index contributed by atoms with van der Waals surface area (Å²) in [6.07, 6.45) is 4.07. The molecule has 3 nitrogen and oxygen atoms in total. The molecule has 1 aromatic heterocycles. The lowest BCUT2D eigenvalue weighted by Gasteiger charge is -2.06. The minimum atomic E-state index is -0.264. The summed E-state index contributed by atoms with van der Waals surface area (Å²) in [6, 6.07) is 1.85. The Morgan fingerprint density at radius 1 is 1.70 bits per heavy atom. The van der Waals surface area contributed by atoms with Gasteiger partial charge in [0.2, 0.25) is 0 Å². The third kappa shape index (κ3) is 1.84. The second kappa shape index (κ2) is 3.37. The molecule has 0 aromatic carbocycles. The van der Waals surface area contributed by atoms with Crippen molar-refractivity contribution in [1.29, 1.82) is 0 Å². The molecule has 0 aliphatic heterocycles. The maximum absolute atomic E-state index is 9.17. The molecule has 0 aliphatic carbocycles. The van der Waals surface area contributed by atoms with Crippen LogP contribution in [-0.4, -0.2) is 21.0 Å². The number of rotatable bonds is 3. The lowest BCUT2D eigenvalue weighted by Crippen LogP contribution is -2.14. The predicted octanol–water partition coefficient (Wildman–Crippen LogP) is 0.654. The summed E-state index contributed by atoms with van der Waals surface area (Å²) in [6.45, 7) is 2.55. The Morgan fingerprint density at radius 2 is 2.50 bits per heavy atom. The Bertz CT molecular complexity index is 172. The van der Waals surface area contributed by atoms with Gasteiger partial charge in [0.25, 0.3) is 0 Å². The van der Waals surface area contributed by atoms with Crippen molar-refractivity contribution in [2.45, 2.75) is 26.0 Å². The fourth-order valence-electron chi connectivity index (χ4n) is 0.753. The third-order valence-electron chi connectivity index (χ3n) is 1.43. The van der Waals surface area contributed by atoms with E-state index in [1.165, 1.54) is 0 Å². The van der Waals surface area contributed by atoms with Crippen molar-refractivity contribution in [3.8, 4) is 0 Å². The van der Waals surface area contributed by atoms with Crippen LogP contribution in [0.1, 0.15) is 13.3 Å². The minimum Gasteiger partial charge on any atom is -0.391 e. The topological polar surface area (TPSA) is 38.0 Å². The van der Waals surface area contributed by atoms with Crippen LogP contribution in [0.4, 0.5) is 0 Å². The first-order valence-corrected chi connectivity index (χ1v) is 3.48. The molecule has 1 aromatic rings. The van der Waals surface area contributed by atoms with E-state index >= 15 is 0 Å². The molecular formula is C7H12N2O. The van der Waals surface area contributed by atoms with E-state index in [0.29, 0.717) is 6.54 Å². The molecule has 0 saturated carbocycles. The van der Waals surface area contributed by atoms with E-state index in [0.717, 1.165) is 6.42 Å². The second-order valence-electron chi connectivity index (χ2n) is 2.29. The lowest BCUT2D eigenvalue weighted by molar-refractivity contribution is 0.145. The SMILES string of the molecule is CC[C@@H](O)Cn1cccn1. The summed E-state index contributed by atoms with van der Waals surface area (Å²) in [7, 11) is 0. The van der Waals surface area contributed by atoms with E-state index in [-0.39, 0.29) is 6.10 Å². The van der Waals surface area contributed by atoms with Gasteiger partial charge in [-0.2, -0.15) is 5.10 Å². The average molecular weight is 140 g/mol. The smallest absolute Gasteiger partial charge is 0.0733 e. The zero-order valence-electron chi connectivity index (χ0n) is 6.07. The Labute approximate surface area is 60.3 Å². The zero-order chi connectivity index (χ0) is 7.40. The number of aromatic nitrogens is 2. The fraction of sp³-hybridized carbons (Fsp3) is 0.571. The molecule has 1 rings (SSSR count). The highest BCUT2D eigenvalue weighted by molar-refractivity contribution is 4.78. The summed E-state index contributed by atoms with van der Waals surface area (Å²) >= 11 is 0. The van der Waals surface area contributed by atoms with Gasteiger partial charge in [0.05, 0.1) is 12.6 Å². The van der Waals surface area contributed by atoms with E-state index in [4.69, 9.17) is 5.11 Å². The van der Waals surface area contributed by atoms with Crippen molar-refractivity contribution in [2.75, 3.05) is 0 Å². The molecule has 10 heavy (non-hydrogen) atoms. The molecule has 1 atom stereocenters. The van der Waals surface area contributed by atoms with Gasteiger partial charge in [0.1, 0.15) is 0 Å². The van der Waals surface area contributed by atoms with Crippen LogP contribution in [0.5, 0.6) is 0 Å². The predicted molar refractivity (Wildman–Crippen MR) is 38.5 cm³/mol. The maximum atomic E-state index is 9.17. The van der Waals surface area contributed by atoms with Gasteiger partial charge >= 0.3 is 0 Å². The largest absolute Gasteiger partial charge is 0.391 e. The summed E-state index contributed by atoms with van der Waals surface area (Å²) in [5.74, 6) is 0. The van der Waals surface area contributed by atoms with E-state index in [2.05, 4.69) is 5.10 Å². The summed E-state index contributed by atoms with van der Waals surface area (Å²) in [5, 5.41) is 13.1. The van der Waals surface area contributed by atoms with E-state index in [9.17, 15) is 0 Å². The first kappa shape index (κ1) is 7.28. The molecule has 0 bridgehead atoms. The highest BCUT2D eigenvalue weighted by Gasteiger charge is 1.99. The van der Waals surface area contributed by atoms with Crippen LogP contribution in [0.15, 0.2) is 18.5 Å². The molecule has 0 unspecified atom stereocenters. The van der Waals surface area contributed by atoms with Gasteiger partial charge in [-0.1, -0.05) is 6.92 Å². The Morgan fingerprint density at radius 3 is 3.00 bits per heavy atom. The number of aliphatic hydroxyl groups excluding tert-OH is 1. The number of hydrogen-bond donors (Lipinski definition) is 1. The molecule has 0 radical (unpaired) electrons. The molecule has 0 saturated heterocycles. The maximum Gasteiger partial charge on any atom is 0.0733 e. The first-order chi connectivity index (χ1) is 4.83. The molecule has 3 heteroatoms. The van der Waals surface area contributed by atoms with Crippen LogP contribution in [0, 0.1) is 0 Å². The molecule has 0 aliphatic rings. The van der Waals surface area contributed by atoms with Crippen LogP contribution in [0.3, 0.4) is 0 Å². The minimum absolute atomic E-state index is 0.264. The molecular weight excluding hydrogens is 128 g/mol. The van der Waals surface area contributed by atoms with Gasteiger partial charge in [-0.25, -0.2) is 0 Å². The van der Waals surface area contributed by atoms with Crippen molar-refractivity contribution in [1.82, 2.24) is 9.78 Å². The van der Waals surface area contributed by atoms with Crippen molar-refractivity contribution in [3.05, 3.63) is 18.5 Å². The molecule has 0 spiro atoms. The van der Waals surface area contributed by atoms with E-state index in [1.54, 1.807) is 10.9 Å². The van der Waals surface area contributed by atoms with Crippen molar-refractivity contribution < 1.29 is 5.11 Å². The van der Waals surface area contributed by atoms with Crippen LogP contribution in [0.2, 0.25) is 0 Å². The van der Waals surface area contributed by atoms with Gasteiger partial charge in [-0.3, -0.25) is 4.68 Å². The third-order valence-corrected chi connectivity index (χ3v) is 1.43. The molecule has 56 valence electrons. The van der Waals surface area contributed by atoms with E-state index < -0.39 is 0 Å². The molecule has 0 amide bonds. The van der Waals surface area contributed by atoms with Crippen LogP contribution in [-0.2, 0) is 6.54 Å². The van der Waals surface area contributed by atoms with Crippen LogP contribution >= 0.6 is 0 Å². The highest BCUT2D eigenvalue weighted by Crippen LogP contribution is 1.93. The summed E-state index contributed by atoms with van der Waals surface area (Å²) in [5.41, 5.74) is 0. The molecule has 1 N–H and O–H groups in total. The summed E-state index contributed by atoms with van der Waals surface area (Å²) in [4.78, 5) is 0. The number of hydrogen-bond acceptors (Lipinski definition) is 2. The standard InChI is InChI=1S/C7H12N2O/c1-2-7(10)6-9-5-3-4-8-9/h3-5,7,10H,2,6H2,1H3/t7-/m1/s1. The van der Waals surface area contributed by atoms with Crippen molar-refractivity contribution in [3.63, 3.8) is 0 Å². The van der Waals surface area contributed by atoms with Gasteiger partial charge in [0.15, 0.2) is 0 Å². The average Bonchev–Trinajstić information content (AvgIpc) is 2.40. The quantitative estimate of drug-likeness (QED) is 0.669. The number of nitrogens with zero attached hydrogens (tertiary/aromatic N) is 2. The fourth-order valence-corrected chi connectivity index (χ4v) is 0.753. The van der Waals surface area contributed by atoms with E-state index in [1.807, 2.05) is 19.2 Å². The van der Waals surface area contributed by atoms with Gasteiger partial charge in [0, 0.05) is 12.4 Å². The summed E-state index contributed by atoms with van der Waals surface area (Å²) < 4.78 is 1.73.